The number of rotatable bonds is 2. The summed E-state index contributed by atoms with van der Waals surface area (Å²) in [5.41, 5.74) is 0. The first kappa shape index (κ1) is 12.3. The summed E-state index contributed by atoms with van der Waals surface area (Å²) in [7, 11) is 0. The number of aliphatic hydroxyl groups is 1. The van der Waals surface area contributed by atoms with Crippen molar-refractivity contribution in [3.8, 4) is 5.95 Å². The molecule has 0 saturated carbocycles. The molecule has 1 aliphatic rings. The van der Waals surface area contributed by atoms with E-state index in [4.69, 9.17) is 11.6 Å². The Morgan fingerprint density at radius 1 is 1.26 bits per heavy atom. The van der Waals surface area contributed by atoms with Crippen LogP contribution in [0.3, 0.4) is 0 Å². The van der Waals surface area contributed by atoms with Crippen molar-refractivity contribution < 1.29 is 5.11 Å². The first-order valence-corrected chi connectivity index (χ1v) is 6.43. The Kier molecular flexibility index (Phi) is 3.31. The normalized spacial score (nSPS) is 19.7. The van der Waals surface area contributed by atoms with Gasteiger partial charge in [0.2, 0.25) is 17.2 Å². The van der Waals surface area contributed by atoms with E-state index in [0.29, 0.717) is 18.4 Å². The maximum absolute atomic E-state index is 9.70. The molecule has 8 heteroatoms. The molecule has 2 aromatic heterocycles. The lowest BCUT2D eigenvalue weighted by Gasteiger charge is -2.30. The van der Waals surface area contributed by atoms with Gasteiger partial charge in [-0.05, 0) is 24.4 Å². The molecule has 0 radical (unpaired) electrons. The maximum Gasteiger partial charge on any atom is 0.241 e. The second kappa shape index (κ2) is 5.10. The number of aliphatic hydroxyl groups excluding tert-OH is 1. The van der Waals surface area contributed by atoms with Crippen LogP contribution in [-0.4, -0.2) is 48.8 Å². The molecule has 0 amide bonds. The molecule has 19 heavy (non-hydrogen) atoms. The third-order valence-electron chi connectivity index (χ3n) is 3.00. The second-order valence-corrected chi connectivity index (χ2v) is 4.75. The van der Waals surface area contributed by atoms with Crippen molar-refractivity contribution in [2.24, 2.45) is 0 Å². The van der Waals surface area contributed by atoms with Crippen LogP contribution in [0.1, 0.15) is 12.8 Å². The van der Waals surface area contributed by atoms with Gasteiger partial charge in [0, 0.05) is 25.5 Å². The van der Waals surface area contributed by atoms with Crippen LogP contribution in [0, 0.1) is 0 Å². The Bertz CT molecular complexity index is 560. The average molecular weight is 281 g/mol. The van der Waals surface area contributed by atoms with Crippen molar-refractivity contribution >= 4 is 17.5 Å². The zero-order valence-corrected chi connectivity index (χ0v) is 10.9. The predicted octanol–water partition coefficient (Wildman–Crippen LogP) is 0.672. The molecule has 1 atom stereocenters. The molecule has 0 aromatic carbocycles. The first-order valence-electron chi connectivity index (χ1n) is 6.05. The van der Waals surface area contributed by atoms with Crippen molar-refractivity contribution in [2.75, 3.05) is 18.0 Å². The van der Waals surface area contributed by atoms with Gasteiger partial charge in [-0.2, -0.15) is 15.0 Å². The lowest BCUT2D eigenvalue weighted by molar-refractivity contribution is 0.153. The second-order valence-electron chi connectivity index (χ2n) is 4.42. The first-order chi connectivity index (χ1) is 9.22. The highest BCUT2D eigenvalue weighted by molar-refractivity contribution is 6.28. The van der Waals surface area contributed by atoms with Crippen molar-refractivity contribution in [1.29, 1.82) is 0 Å². The molecule has 1 N–H and O–H groups in total. The number of imidazole rings is 1. The minimum absolute atomic E-state index is 0.133. The van der Waals surface area contributed by atoms with Crippen LogP contribution in [0.25, 0.3) is 5.95 Å². The van der Waals surface area contributed by atoms with Crippen LogP contribution in [0.5, 0.6) is 0 Å². The number of hydrogen-bond acceptors (Lipinski definition) is 6. The van der Waals surface area contributed by atoms with E-state index in [1.165, 1.54) is 0 Å². The van der Waals surface area contributed by atoms with Gasteiger partial charge in [-0.25, -0.2) is 4.98 Å². The van der Waals surface area contributed by atoms with Gasteiger partial charge in [0.1, 0.15) is 6.33 Å². The largest absolute Gasteiger partial charge is 0.391 e. The summed E-state index contributed by atoms with van der Waals surface area (Å²) < 4.78 is 1.66. The maximum atomic E-state index is 9.70. The third-order valence-corrected chi connectivity index (χ3v) is 3.17. The molecule has 1 unspecified atom stereocenters. The molecule has 3 rings (SSSR count). The number of hydrogen-bond donors (Lipinski definition) is 1. The van der Waals surface area contributed by atoms with Crippen LogP contribution in [-0.2, 0) is 0 Å². The Morgan fingerprint density at radius 3 is 2.84 bits per heavy atom. The zero-order valence-electron chi connectivity index (χ0n) is 10.1. The van der Waals surface area contributed by atoms with Gasteiger partial charge < -0.3 is 10.0 Å². The molecule has 7 nitrogen and oxygen atoms in total. The summed E-state index contributed by atoms with van der Waals surface area (Å²) in [5, 5.41) is 9.84. The molecule has 3 heterocycles. The average Bonchev–Trinajstić information content (AvgIpc) is 2.92. The van der Waals surface area contributed by atoms with Gasteiger partial charge in [-0.15, -0.1) is 0 Å². The van der Waals surface area contributed by atoms with Crippen molar-refractivity contribution in [3.63, 3.8) is 0 Å². The van der Waals surface area contributed by atoms with E-state index in [2.05, 4.69) is 19.9 Å². The van der Waals surface area contributed by atoms with Crippen molar-refractivity contribution in [2.45, 2.75) is 18.9 Å². The number of piperidine rings is 1. The van der Waals surface area contributed by atoms with E-state index >= 15 is 0 Å². The number of halogens is 1. The summed E-state index contributed by atoms with van der Waals surface area (Å²) >= 11 is 5.94. The summed E-state index contributed by atoms with van der Waals surface area (Å²) in [6.07, 6.45) is 6.35. The predicted molar refractivity (Wildman–Crippen MR) is 69.4 cm³/mol. The Balaban J connectivity index is 1.93. The Hall–Kier alpha value is -1.73. The molecule has 1 fully saturated rings. The monoisotopic (exact) mass is 280 g/mol. The lowest BCUT2D eigenvalue weighted by Crippen LogP contribution is -2.39. The van der Waals surface area contributed by atoms with Gasteiger partial charge in [0.15, 0.2) is 0 Å². The SMILES string of the molecule is OC1CCCN(c2nc(Cl)nc(-n3ccnc3)n2)C1. The van der Waals surface area contributed by atoms with E-state index in [9.17, 15) is 5.11 Å². The number of aromatic nitrogens is 5. The fourth-order valence-electron chi connectivity index (χ4n) is 2.10. The van der Waals surface area contributed by atoms with Crippen molar-refractivity contribution in [1.82, 2.24) is 24.5 Å². The van der Waals surface area contributed by atoms with E-state index in [0.717, 1.165) is 19.4 Å². The molecular formula is C11H13ClN6O. The zero-order chi connectivity index (χ0) is 13.2. The van der Waals surface area contributed by atoms with E-state index < -0.39 is 0 Å². The molecule has 1 saturated heterocycles. The highest BCUT2D eigenvalue weighted by Crippen LogP contribution is 2.18. The quantitative estimate of drug-likeness (QED) is 0.871. The topological polar surface area (TPSA) is 80.0 Å². The number of nitrogens with zero attached hydrogens (tertiary/aromatic N) is 6. The fraction of sp³-hybridized carbons (Fsp3) is 0.455. The minimum atomic E-state index is -0.346. The van der Waals surface area contributed by atoms with Crippen LogP contribution >= 0.6 is 11.6 Å². The summed E-state index contributed by atoms with van der Waals surface area (Å²) in [4.78, 5) is 18.4. The summed E-state index contributed by atoms with van der Waals surface area (Å²) in [6.45, 7) is 1.32. The highest BCUT2D eigenvalue weighted by atomic mass is 35.5. The van der Waals surface area contributed by atoms with Gasteiger partial charge in [-0.1, -0.05) is 0 Å². The molecule has 0 aliphatic carbocycles. The lowest BCUT2D eigenvalue weighted by atomic mass is 10.1. The number of anilines is 1. The highest BCUT2D eigenvalue weighted by Gasteiger charge is 2.21. The molecule has 100 valence electrons. The van der Waals surface area contributed by atoms with Crippen LogP contribution in [0.15, 0.2) is 18.7 Å². The molecule has 0 bridgehead atoms. The molecular weight excluding hydrogens is 268 g/mol. The fourth-order valence-corrected chi connectivity index (χ4v) is 2.25. The van der Waals surface area contributed by atoms with Gasteiger partial charge in [-0.3, -0.25) is 4.57 Å². The van der Waals surface area contributed by atoms with E-state index in [1.807, 2.05) is 4.90 Å². The van der Waals surface area contributed by atoms with Gasteiger partial charge in [0.05, 0.1) is 6.10 Å². The van der Waals surface area contributed by atoms with E-state index in [-0.39, 0.29) is 11.4 Å². The van der Waals surface area contributed by atoms with Crippen molar-refractivity contribution in [3.05, 3.63) is 24.0 Å². The van der Waals surface area contributed by atoms with E-state index in [1.54, 1.807) is 23.3 Å². The molecule has 0 spiro atoms. The van der Waals surface area contributed by atoms with Crippen LogP contribution in [0.2, 0.25) is 5.28 Å². The third kappa shape index (κ3) is 2.66. The van der Waals surface area contributed by atoms with Crippen LogP contribution < -0.4 is 4.90 Å². The minimum Gasteiger partial charge on any atom is -0.391 e. The summed E-state index contributed by atoms with van der Waals surface area (Å²) in [5.74, 6) is 0.912. The van der Waals surface area contributed by atoms with Gasteiger partial charge in [0.25, 0.3) is 0 Å². The van der Waals surface area contributed by atoms with Crippen LogP contribution in [0.4, 0.5) is 5.95 Å². The standard InChI is InChI=1S/C11H13ClN6O/c12-9-14-10(17-4-1-2-8(19)6-17)16-11(15-9)18-5-3-13-7-18/h3,5,7-8,19H,1-2,4,6H2. The summed E-state index contributed by atoms with van der Waals surface area (Å²) in [6, 6.07) is 0. The molecule has 1 aliphatic heterocycles. The van der Waals surface area contributed by atoms with Gasteiger partial charge >= 0.3 is 0 Å². The Morgan fingerprint density at radius 2 is 2.11 bits per heavy atom. The number of β-amino-alcohol motifs (C(OH)–C–C–N with tert-alkyl or cyclic N) is 1. The molecule has 2 aromatic rings. The smallest absolute Gasteiger partial charge is 0.241 e. The Labute approximate surface area is 114 Å².